The minimum atomic E-state index is -0.452. The topological polar surface area (TPSA) is 29.5 Å². The van der Waals surface area contributed by atoms with Crippen LogP contribution in [-0.4, -0.2) is 12.2 Å². The minimum Gasteiger partial charge on any atom is -0.496 e. The zero-order chi connectivity index (χ0) is 12.0. The minimum absolute atomic E-state index is 0.452. The van der Waals surface area contributed by atoms with Crippen LogP contribution in [0.3, 0.4) is 0 Å². The molecule has 0 heterocycles. The van der Waals surface area contributed by atoms with Gasteiger partial charge in [0.15, 0.2) is 0 Å². The Morgan fingerprint density at radius 2 is 2.06 bits per heavy atom. The molecule has 0 saturated heterocycles. The maximum absolute atomic E-state index is 10.0. The van der Waals surface area contributed by atoms with Gasteiger partial charge in [0.05, 0.1) is 13.2 Å². The summed E-state index contributed by atoms with van der Waals surface area (Å²) in [6, 6.07) is 7.61. The molecule has 0 radical (unpaired) electrons. The first-order chi connectivity index (χ1) is 7.65. The Balaban J connectivity index is 2.65. The summed E-state index contributed by atoms with van der Waals surface area (Å²) in [5, 5.41) is 10.0. The first kappa shape index (κ1) is 12.8. The smallest absolute Gasteiger partial charge is 0.124 e. The van der Waals surface area contributed by atoms with Gasteiger partial charge in [-0.15, -0.1) is 0 Å². The highest BCUT2D eigenvalue weighted by Crippen LogP contribution is 2.27. The number of benzene rings is 1. The Morgan fingerprint density at radius 1 is 1.38 bits per heavy atom. The molecule has 1 aromatic rings. The maximum Gasteiger partial charge on any atom is 0.124 e. The van der Waals surface area contributed by atoms with E-state index < -0.39 is 6.10 Å². The molecule has 1 rings (SSSR count). The van der Waals surface area contributed by atoms with Crippen LogP contribution >= 0.6 is 0 Å². The van der Waals surface area contributed by atoms with Gasteiger partial charge in [-0.2, -0.15) is 0 Å². The second kappa shape index (κ2) is 6.33. The van der Waals surface area contributed by atoms with Crippen molar-refractivity contribution in [2.24, 2.45) is 0 Å². The number of methoxy groups -OCH3 is 1. The number of rotatable bonds is 5. The van der Waals surface area contributed by atoms with E-state index in [2.05, 4.69) is 19.9 Å². The summed E-state index contributed by atoms with van der Waals surface area (Å²) in [5.41, 5.74) is 2.15. The number of aliphatic hydroxyl groups excluding tert-OH is 1. The molecule has 0 saturated carbocycles. The molecule has 1 N–H and O–H groups in total. The highest BCUT2D eigenvalue weighted by atomic mass is 16.5. The van der Waals surface area contributed by atoms with Gasteiger partial charge in [-0.1, -0.05) is 29.8 Å². The Morgan fingerprint density at radius 3 is 2.69 bits per heavy atom. The van der Waals surface area contributed by atoms with E-state index in [4.69, 9.17) is 4.74 Å². The number of aliphatic hydroxyl groups is 1. The third-order valence-corrected chi connectivity index (χ3v) is 2.49. The lowest BCUT2D eigenvalue weighted by Gasteiger charge is -2.13. The average molecular weight is 220 g/mol. The first-order valence-corrected chi connectivity index (χ1v) is 5.59. The summed E-state index contributed by atoms with van der Waals surface area (Å²) >= 11 is 0. The van der Waals surface area contributed by atoms with Gasteiger partial charge in [0.2, 0.25) is 0 Å². The standard InChI is InChI=1S/C14H20O2/c1-11(2)7-6-9-13(15)12-8-4-5-10-14(12)16-3/h4-5,7-8,10,13,15H,6,9H2,1-3H3. The Bertz CT molecular complexity index is 352. The molecule has 1 aromatic carbocycles. The van der Waals surface area contributed by atoms with Crippen molar-refractivity contribution < 1.29 is 9.84 Å². The highest BCUT2D eigenvalue weighted by molar-refractivity contribution is 5.34. The summed E-state index contributed by atoms with van der Waals surface area (Å²) in [4.78, 5) is 0. The molecule has 1 atom stereocenters. The van der Waals surface area contributed by atoms with Crippen LogP contribution in [0.25, 0.3) is 0 Å². The number of hydrogen-bond acceptors (Lipinski definition) is 2. The molecule has 2 heteroatoms. The Hall–Kier alpha value is -1.28. The van der Waals surface area contributed by atoms with Gasteiger partial charge < -0.3 is 9.84 Å². The van der Waals surface area contributed by atoms with E-state index in [1.165, 1.54) is 5.57 Å². The molecule has 0 aromatic heterocycles. The van der Waals surface area contributed by atoms with Gasteiger partial charge in [0.25, 0.3) is 0 Å². The predicted octanol–water partition coefficient (Wildman–Crippen LogP) is 3.48. The van der Waals surface area contributed by atoms with Gasteiger partial charge >= 0.3 is 0 Å². The maximum atomic E-state index is 10.0. The van der Waals surface area contributed by atoms with E-state index in [0.29, 0.717) is 0 Å². The lowest BCUT2D eigenvalue weighted by Crippen LogP contribution is -2.00. The molecule has 0 fully saturated rings. The van der Waals surface area contributed by atoms with Crippen LogP contribution in [0.15, 0.2) is 35.9 Å². The van der Waals surface area contributed by atoms with Crippen molar-refractivity contribution in [1.29, 1.82) is 0 Å². The molecule has 1 unspecified atom stereocenters. The molecule has 0 spiro atoms. The summed E-state index contributed by atoms with van der Waals surface area (Å²) in [6.45, 7) is 4.13. The second-order valence-corrected chi connectivity index (χ2v) is 4.12. The number of para-hydroxylation sites is 1. The summed E-state index contributed by atoms with van der Waals surface area (Å²) in [6.07, 6.45) is 3.30. The van der Waals surface area contributed by atoms with Crippen molar-refractivity contribution in [3.05, 3.63) is 41.5 Å². The summed E-state index contributed by atoms with van der Waals surface area (Å²) in [7, 11) is 1.63. The van der Waals surface area contributed by atoms with E-state index in [1.54, 1.807) is 7.11 Å². The Labute approximate surface area is 97.6 Å². The molecule has 0 amide bonds. The molecule has 0 bridgehead atoms. The van der Waals surface area contributed by atoms with Gasteiger partial charge in [0, 0.05) is 5.56 Å². The molecule has 88 valence electrons. The molecule has 0 aliphatic heterocycles. The van der Waals surface area contributed by atoms with Crippen molar-refractivity contribution in [1.82, 2.24) is 0 Å². The zero-order valence-corrected chi connectivity index (χ0v) is 10.2. The molecular weight excluding hydrogens is 200 g/mol. The summed E-state index contributed by atoms with van der Waals surface area (Å²) < 4.78 is 5.22. The van der Waals surface area contributed by atoms with Crippen LogP contribution in [0.1, 0.15) is 38.4 Å². The zero-order valence-electron chi connectivity index (χ0n) is 10.2. The number of ether oxygens (including phenoxy) is 1. The van der Waals surface area contributed by atoms with Crippen molar-refractivity contribution in [2.45, 2.75) is 32.8 Å². The van der Waals surface area contributed by atoms with Crippen molar-refractivity contribution in [3.8, 4) is 5.75 Å². The van der Waals surface area contributed by atoms with E-state index in [1.807, 2.05) is 24.3 Å². The Kier molecular flexibility index (Phi) is 5.06. The fourth-order valence-electron chi connectivity index (χ4n) is 1.63. The number of allylic oxidation sites excluding steroid dienone is 2. The van der Waals surface area contributed by atoms with Crippen molar-refractivity contribution in [3.63, 3.8) is 0 Å². The molecular formula is C14H20O2. The van der Waals surface area contributed by atoms with Crippen LogP contribution < -0.4 is 4.74 Å². The van der Waals surface area contributed by atoms with Crippen LogP contribution in [0.2, 0.25) is 0 Å². The molecule has 2 nitrogen and oxygen atoms in total. The van der Waals surface area contributed by atoms with Crippen molar-refractivity contribution >= 4 is 0 Å². The van der Waals surface area contributed by atoms with E-state index in [-0.39, 0.29) is 0 Å². The molecule has 16 heavy (non-hydrogen) atoms. The first-order valence-electron chi connectivity index (χ1n) is 5.59. The van der Waals surface area contributed by atoms with E-state index >= 15 is 0 Å². The third-order valence-electron chi connectivity index (χ3n) is 2.49. The SMILES string of the molecule is COc1ccccc1C(O)CCC=C(C)C. The molecule has 0 aliphatic carbocycles. The number of hydrogen-bond donors (Lipinski definition) is 1. The van der Waals surface area contributed by atoms with E-state index in [9.17, 15) is 5.11 Å². The van der Waals surface area contributed by atoms with Crippen LogP contribution in [0, 0.1) is 0 Å². The lowest BCUT2D eigenvalue weighted by molar-refractivity contribution is 0.164. The monoisotopic (exact) mass is 220 g/mol. The van der Waals surface area contributed by atoms with Gasteiger partial charge in [-0.05, 0) is 32.8 Å². The lowest BCUT2D eigenvalue weighted by atomic mass is 10.0. The van der Waals surface area contributed by atoms with Crippen LogP contribution in [0.4, 0.5) is 0 Å². The van der Waals surface area contributed by atoms with Gasteiger partial charge in [-0.25, -0.2) is 0 Å². The van der Waals surface area contributed by atoms with Gasteiger partial charge in [-0.3, -0.25) is 0 Å². The fourth-order valence-corrected chi connectivity index (χ4v) is 1.63. The highest BCUT2D eigenvalue weighted by Gasteiger charge is 2.11. The average Bonchev–Trinajstić information content (AvgIpc) is 2.28. The summed E-state index contributed by atoms with van der Waals surface area (Å²) in [5.74, 6) is 0.757. The third kappa shape index (κ3) is 3.70. The van der Waals surface area contributed by atoms with Crippen LogP contribution in [-0.2, 0) is 0 Å². The molecule has 0 aliphatic rings. The van der Waals surface area contributed by atoms with E-state index in [0.717, 1.165) is 24.2 Å². The predicted molar refractivity (Wildman–Crippen MR) is 66.6 cm³/mol. The quantitative estimate of drug-likeness (QED) is 0.770. The van der Waals surface area contributed by atoms with Crippen LogP contribution in [0.5, 0.6) is 5.75 Å². The van der Waals surface area contributed by atoms with Gasteiger partial charge in [0.1, 0.15) is 5.75 Å². The largest absolute Gasteiger partial charge is 0.496 e. The normalized spacial score (nSPS) is 12.0. The fraction of sp³-hybridized carbons (Fsp3) is 0.429. The second-order valence-electron chi connectivity index (χ2n) is 4.12. The van der Waals surface area contributed by atoms with Crippen molar-refractivity contribution in [2.75, 3.05) is 7.11 Å².